The molecule has 0 amide bonds. The summed E-state index contributed by atoms with van der Waals surface area (Å²) in [6, 6.07) is 4.61. The molecule has 1 aromatic carbocycles. The highest BCUT2D eigenvalue weighted by Gasteiger charge is 2.21. The van der Waals surface area contributed by atoms with Crippen molar-refractivity contribution in [3.63, 3.8) is 0 Å². The summed E-state index contributed by atoms with van der Waals surface area (Å²) < 4.78 is 6.25. The van der Waals surface area contributed by atoms with E-state index in [0.29, 0.717) is 0 Å². The molecule has 2 fully saturated rings. The van der Waals surface area contributed by atoms with Crippen molar-refractivity contribution in [3.05, 3.63) is 28.8 Å². The number of piperidine rings is 1. The van der Waals surface area contributed by atoms with Crippen LogP contribution in [0.5, 0.6) is 5.75 Å². The second-order valence-electron chi connectivity index (χ2n) is 7.09. The van der Waals surface area contributed by atoms with E-state index in [0.717, 1.165) is 31.4 Å². The van der Waals surface area contributed by atoms with Crippen molar-refractivity contribution >= 4 is 0 Å². The Morgan fingerprint density at radius 3 is 2.57 bits per heavy atom. The van der Waals surface area contributed by atoms with Gasteiger partial charge in [0.1, 0.15) is 5.75 Å². The SMILES string of the molecule is Cc1cc(C)c(OCC2CCC2)c(CC2CCCNC2)c1. The topological polar surface area (TPSA) is 21.3 Å². The summed E-state index contributed by atoms with van der Waals surface area (Å²) in [6.07, 6.45) is 7.92. The number of rotatable bonds is 5. The van der Waals surface area contributed by atoms with Gasteiger partial charge in [-0.1, -0.05) is 24.1 Å². The van der Waals surface area contributed by atoms with Crippen LogP contribution in [-0.2, 0) is 6.42 Å². The average Bonchev–Trinajstić information content (AvgIpc) is 2.41. The number of aryl methyl sites for hydroxylation is 2. The third-order valence-electron chi connectivity index (χ3n) is 5.09. The van der Waals surface area contributed by atoms with Gasteiger partial charge in [0.2, 0.25) is 0 Å². The summed E-state index contributed by atoms with van der Waals surface area (Å²) in [4.78, 5) is 0. The van der Waals surface area contributed by atoms with Crippen LogP contribution in [0.1, 0.15) is 48.8 Å². The van der Waals surface area contributed by atoms with Crippen molar-refractivity contribution in [2.75, 3.05) is 19.7 Å². The molecular weight excluding hydrogens is 258 g/mol. The Morgan fingerprint density at radius 2 is 1.90 bits per heavy atom. The largest absolute Gasteiger partial charge is 0.493 e. The number of nitrogens with one attached hydrogen (secondary N) is 1. The van der Waals surface area contributed by atoms with Crippen molar-refractivity contribution in [3.8, 4) is 5.75 Å². The monoisotopic (exact) mass is 287 g/mol. The first-order valence-corrected chi connectivity index (χ1v) is 8.66. The van der Waals surface area contributed by atoms with Crippen LogP contribution in [0.3, 0.4) is 0 Å². The van der Waals surface area contributed by atoms with Crippen LogP contribution in [0.4, 0.5) is 0 Å². The van der Waals surface area contributed by atoms with Gasteiger partial charge in [0.25, 0.3) is 0 Å². The lowest BCUT2D eigenvalue weighted by Crippen LogP contribution is -2.31. The third-order valence-corrected chi connectivity index (χ3v) is 5.09. The molecule has 1 aliphatic heterocycles. The first-order valence-electron chi connectivity index (χ1n) is 8.66. The van der Waals surface area contributed by atoms with Gasteiger partial charge in [-0.15, -0.1) is 0 Å². The van der Waals surface area contributed by atoms with Crippen LogP contribution in [0, 0.1) is 25.7 Å². The highest BCUT2D eigenvalue weighted by molar-refractivity contribution is 5.44. The Labute approximate surface area is 129 Å². The van der Waals surface area contributed by atoms with E-state index in [9.17, 15) is 0 Å². The first kappa shape index (κ1) is 14.9. The average molecular weight is 287 g/mol. The Bertz CT molecular complexity index is 473. The van der Waals surface area contributed by atoms with Gasteiger partial charge in [-0.25, -0.2) is 0 Å². The fraction of sp³-hybridized carbons (Fsp3) is 0.684. The highest BCUT2D eigenvalue weighted by Crippen LogP contribution is 2.32. The second kappa shape index (κ2) is 6.83. The van der Waals surface area contributed by atoms with Crippen molar-refractivity contribution < 1.29 is 4.74 Å². The minimum atomic E-state index is 0.769. The predicted molar refractivity (Wildman–Crippen MR) is 88.0 cm³/mol. The highest BCUT2D eigenvalue weighted by atomic mass is 16.5. The maximum atomic E-state index is 6.25. The summed E-state index contributed by atoms with van der Waals surface area (Å²) in [7, 11) is 0. The fourth-order valence-electron chi connectivity index (χ4n) is 3.67. The lowest BCUT2D eigenvalue weighted by atomic mass is 9.86. The van der Waals surface area contributed by atoms with E-state index < -0.39 is 0 Å². The van der Waals surface area contributed by atoms with E-state index in [4.69, 9.17) is 4.74 Å². The van der Waals surface area contributed by atoms with Crippen LogP contribution in [0.25, 0.3) is 0 Å². The van der Waals surface area contributed by atoms with Crippen molar-refractivity contribution in [2.45, 2.75) is 52.4 Å². The molecule has 2 aliphatic rings. The molecule has 2 nitrogen and oxygen atoms in total. The van der Waals surface area contributed by atoms with E-state index in [-0.39, 0.29) is 0 Å². The molecule has 0 bridgehead atoms. The summed E-state index contributed by atoms with van der Waals surface area (Å²) in [5.74, 6) is 2.75. The van der Waals surface area contributed by atoms with Gasteiger partial charge in [-0.05, 0) is 82.0 Å². The standard InChI is InChI=1S/C19H29NO/c1-14-9-15(2)19(21-13-16-5-3-6-16)18(10-14)11-17-7-4-8-20-12-17/h9-10,16-17,20H,3-8,11-13H2,1-2H3. The Morgan fingerprint density at radius 1 is 1.10 bits per heavy atom. The molecule has 1 unspecified atom stereocenters. The van der Waals surface area contributed by atoms with E-state index >= 15 is 0 Å². The molecule has 1 saturated heterocycles. The summed E-state index contributed by atoms with van der Waals surface area (Å²) >= 11 is 0. The van der Waals surface area contributed by atoms with E-state index in [1.807, 2.05) is 0 Å². The van der Waals surface area contributed by atoms with Crippen molar-refractivity contribution in [2.24, 2.45) is 11.8 Å². The zero-order valence-electron chi connectivity index (χ0n) is 13.6. The third kappa shape index (κ3) is 3.79. The van der Waals surface area contributed by atoms with Crippen molar-refractivity contribution in [1.82, 2.24) is 5.32 Å². The minimum Gasteiger partial charge on any atom is -0.493 e. The molecule has 21 heavy (non-hydrogen) atoms. The maximum Gasteiger partial charge on any atom is 0.125 e. The van der Waals surface area contributed by atoms with Gasteiger partial charge in [0.15, 0.2) is 0 Å². The van der Waals surface area contributed by atoms with Crippen LogP contribution in [0.15, 0.2) is 12.1 Å². The summed E-state index contributed by atoms with van der Waals surface area (Å²) in [5.41, 5.74) is 4.11. The Kier molecular flexibility index (Phi) is 4.84. The van der Waals surface area contributed by atoms with E-state index in [1.54, 1.807) is 0 Å². The van der Waals surface area contributed by atoms with Crippen LogP contribution in [-0.4, -0.2) is 19.7 Å². The lowest BCUT2D eigenvalue weighted by molar-refractivity contribution is 0.178. The second-order valence-corrected chi connectivity index (χ2v) is 7.09. The normalized spacial score (nSPS) is 22.9. The fourth-order valence-corrected chi connectivity index (χ4v) is 3.67. The molecular formula is C19H29NO. The first-order chi connectivity index (χ1) is 10.2. The zero-order valence-corrected chi connectivity index (χ0v) is 13.6. The zero-order chi connectivity index (χ0) is 14.7. The molecule has 116 valence electrons. The number of hydrogen-bond acceptors (Lipinski definition) is 2. The molecule has 1 atom stereocenters. The molecule has 1 saturated carbocycles. The predicted octanol–water partition coefficient (Wildman–Crippen LogP) is 4.02. The van der Waals surface area contributed by atoms with Gasteiger partial charge < -0.3 is 10.1 Å². The Balaban J connectivity index is 1.72. The molecule has 1 N–H and O–H groups in total. The minimum absolute atomic E-state index is 0.769. The van der Waals surface area contributed by atoms with Crippen LogP contribution in [0.2, 0.25) is 0 Å². The van der Waals surface area contributed by atoms with Gasteiger partial charge in [0.05, 0.1) is 6.61 Å². The molecule has 0 aromatic heterocycles. The van der Waals surface area contributed by atoms with Gasteiger partial charge in [-0.2, -0.15) is 0 Å². The molecule has 2 heteroatoms. The number of benzene rings is 1. The van der Waals surface area contributed by atoms with Gasteiger partial charge in [-0.3, -0.25) is 0 Å². The smallest absolute Gasteiger partial charge is 0.125 e. The lowest BCUT2D eigenvalue weighted by Gasteiger charge is -2.28. The van der Waals surface area contributed by atoms with E-state index in [1.165, 1.54) is 61.1 Å². The molecule has 0 radical (unpaired) electrons. The molecule has 1 heterocycles. The summed E-state index contributed by atoms with van der Waals surface area (Å²) in [6.45, 7) is 7.67. The molecule has 0 spiro atoms. The van der Waals surface area contributed by atoms with Crippen LogP contribution >= 0.6 is 0 Å². The Hall–Kier alpha value is -1.02. The van der Waals surface area contributed by atoms with Crippen molar-refractivity contribution in [1.29, 1.82) is 0 Å². The summed E-state index contributed by atoms with van der Waals surface area (Å²) in [5, 5.41) is 3.53. The number of hydrogen-bond donors (Lipinski definition) is 1. The van der Waals surface area contributed by atoms with Gasteiger partial charge >= 0.3 is 0 Å². The van der Waals surface area contributed by atoms with Gasteiger partial charge in [0, 0.05) is 0 Å². The van der Waals surface area contributed by atoms with Crippen LogP contribution < -0.4 is 10.1 Å². The number of ether oxygens (including phenoxy) is 1. The maximum absolute atomic E-state index is 6.25. The molecule has 3 rings (SSSR count). The molecule has 1 aromatic rings. The quantitative estimate of drug-likeness (QED) is 0.883. The molecule has 1 aliphatic carbocycles. The van der Waals surface area contributed by atoms with E-state index in [2.05, 4.69) is 31.3 Å².